The molecule has 0 bridgehead atoms. The standard InChI is InChI=1S/C17H20ClN3O3/c1-11-13(17(18)21(2)20-11)6-8-16(22)19-10-12-5-7-14(23-3)15(9-12)24-4/h5-9H,10H2,1-4H3,(H,19,22)/b8-6+. The summed E-state index contributed by atoms with van der Waals surface area (Å²) in [6, 6.07) is 5.49. The molecule has 2 aromatic rings. The van der Waals surface area contributed by atoms with Crippen LogP contribution in [0, 0.1) is 6.92 Å². The molecular formula is C17H20ClN3O3. The molecule has 128 valence electrons. The van der Waals surface area contributed by atoms with Crippen LogP contribution in [0.1, 0.15) is 16.8 Å². The zero-order valence-electron chi connectivity index (χ0n) is 14.1. The van der Waals surface area contributed by atoms with Gasteiger partial charge < -0.3 is 14.8 Å². The van der Waals surface area contributed by atoms with Crippen LogP contribution in [0.2, 0.25) is 5.15 Å². The van der Waals surface area contributed by atoms with E-state index in [2.05, 4.69) is 10.4 Å². The van der Waals surface area contributed by atoms with Gasteiger partial charge in [0.15, 0.2) is 11.5 Å². The van der Waals surface area contributed by atoms with Gasteiger partial charge in [-0.05, 0) is 30.7 Å². The second kappa shape index (κ2) is 7.88. The summed E-state index contributed by atoms with van der Waals surface area (Å²) in [7, 11) is 4.91. The van der Waals surface area contributed by atoms with Crippen molar-refractivity contribution >= 4 is 23.6 Å². The summed E-state index contributed by atoms with van der Waals surface area (Å²) in [5.41, 5.74) is 2.41. The van der Waals surface area contributed by atoms with Gasteiger partial charge in [0.2, 0.25) is 5.91 Å². The van der Waals surface area contributed by atoms with E-state index in [1.54, 1.807) is 38.1 Å². The molecule has 0 aliphatic carbocycles. The van der Waals surface area contributed by atoms with E-state index in [0.29, 0.717) is 23.2 Å². The van der Waals surface area contributed by atoms with Crippen molar-refractivity contribution in [3.05, 3.63) is 46.2 Å². The number of aryl methyl sites for hydroxylation is 2. The first kappa shape index (κ1) is 17.9. The third-order valence-electron chi connectivity index (χ3n) is 3.51. The molecule has 1 aromatic heterocycles. The number of rotatable bonds is 6. The number of carbonyl (C=O) groups is 1. The minimum Gasteiger partial charge on any atom is -0.493 e. The number of nitrogens with one attached hydrogen (secondary N) is 1. The fourth-order valence-corrected chi connectivity index (χ4v) is 2.47. The van der Waals surface area contributed by atoms with E-state index < -0.39 is 0 Å². The number of nitrogens with zero attached hydrogens (tertiary/aromatic N) is 2. The van der Waals surface area contributed by atoms with Gasteiger partial charge in [-0.2, -0.15) is 5.10 Å². The van der Waals surface area contributed by atoms with Gasteiger partial charge in [-0.25, -0.2) is 0 Å². The number of ether oxygens (including phenoxy) is 2. The normalized spacial score (nSPS) is 10.9. The summed E-state index contributed by atoms with van der Waals surface area (Å²) >= 11 is 6.12. The number of hydrogen-bond acceptors (Lipinski definition) is 4. The Balaban J connectivity index is 1.99. The van der Waals surface area contributed by atoms with Gasteiger partial charge in [0, 0.05) is 25.2 Å². The highest BCUT2D eigenvalue weighted by atomic mass is 35.5. The molecule has 0 spiro atoms. The zero-order chi connectivity index (χ0) is 17.7. The van der Waals surface area contributed by atoms with Gasteiger partial charge >= 0.3 is 0 Å². The summed E-state index contributed by atoms with van der Waals surface area (Å²) in [5.74, 6) is 1.05. The van der Waals surface area contributed by atoms with Crippen LogP contribution in [0.4, 0.5) is 0 Å². The average Bonchev–Trinajstić information content (AvgIpc) is 2.83. The van der Waals surface area contributed by atoms with Gasteiger partial charge in [0.1, 0.15) is 5.15 Å². The van der Waals surface area contributed by atoms with E-state index in [-0.39, 0.29) is 5.91 Å². The van der Waals surface area contributed by atoms with Crippen LogP contribution >= 0.6 is 11.6 Å². The lowest BCUT2D eigenvalue weighted by Crippen LogP contribution is -2.20. The van der Waals surface area contributed by atoms with Crippen LogP contribution in [0.15, 0.2) is 24.3 Å². The highest BCUT2D eigenvalue weighted by Crippen LogP contribution is 2.27. The molecule has 6 nitrogen and oxygen atoms in total. The fourth-order valence-electron chi connectivity index (χ4n) is 2.23. The molecule has 0 atom stereocenters. The number of methoxy groups -OCH3 is 2. The first-order valence-corrected chi connectivity index (χ1v) is 7.70. The van der Waals surface area contributed by atoms with Crippen molar-refractivity contribution in [2.45, 2.75) is 13.5 Å². The summed E-state index contributed by atoms with van der Waals surface area (Å²) in [4.78, 5) is 12.0. The third kappa shape index (κ3) is 4.08. The molecule has 0 fully saturated rings. The van der Waals surface area contributed by atoms with Gasteiger partial charge in [-0.1, -0.05) is 17.7 Å². The second-order valence-corrected chi connectivity index (χ2v) is 5.51. The predicted octanol–water partition coefficient (Wildman–Crippen LogP) is 2.73. The lowest BCUT2D eigenvalue weighted by molar-refractivity contribution is -0.116. The predicted molar refractivity (Wildman–Crippen MR) is 93.4 cm³/mol. The quantitative estimate of drug-likeness (QED) is 0.814. The van der Waals surface area contributed by atoms with Crippen LogP contribution in [0.25, 0.3) is 6.08 Å². The number of amides is 1. The Bertz CT molecular complexity index is 769. The van der Waals surface area contributed by atoms with Gasteiger partial charge in [0.25, 0.3) is 0 Å². The van der Waals surface area contributed by atoms with E-state index in [9.17, 15) is 4.79 Å². The van der Waals surface area contributed by atoms with Crippen molar-refractivity contribution in [2.24, 2.45) is 7.05 Å². The highest BCUT2D eigenvalue weighted by Gasteiger charge is 2.09. The molecule has 0 aliphatic rings. The molecule has 0 unspecified atom stereocenters. The SMILES string of the molecule is COc1ccc(CNC(=O)/C=C/c2c(C)nn(C)c2Cl)cc1OC. The smallest absolute Gasteiger partial charge is 0.244 e. The molecule has 0 aliphatic heterocycles. The third-order valence-corrected chi connectivity index (χ3v) is 3.96. The lowest BCUT2D eigenvalue weighted by Gasteiger charge is -2.09. The fraction of sp³-hybridized carbons (Fsp3) is 0.294. The first-order valence-electron chi connectivity index (χ1n) is 7.32. The Kier molecular flexibility index (Phi) is 5.87. The van der Waals surface area contributed by atoms with Gasteiger partial charge in [-0.15, -0.1) is 0 Å². The van der Waals surface area contributed by atoms with E-state index in [1.807, 2.05) is 19.1 Å². The maximum absolute atomic E-state index is 12.0. The highest BCUT2D eigenvalue weighted by molar-refractivity contribution is 6.31. The number of benzene rings is 1. The largest absolute Gasteiger partial charge is 0.493 e. The molecule has 7 heteroatoms. The first-order chi connectivity index (χ1) is 11.5. The number of halogens is 1. The molecule has 1 aromatic carbocycles. The van der Waals surface area contributed by atoms with Crippen molar-refractivity contribution in [3.8, 4) is 11.5 Å². The Morgan fingerprint density at radius 3 is 2.62 bits per heavy atom. The molecule has 1 amide bonds. The van der Waals surface area contributed by atoms with Crippen molar-refractivity contribution in [1.82, 2.24) is 15.1 Å². The van der Waals surface area contributed by atoms with Crippen LogP contribution in [-0.4, -0.2) is 29.9 Å². The Morgan fingerprint density at radius 2 is 2.04 bits per heavy atom. The van der Waals surface area contributed by atoms with Crippen molar-refractivity contribution in [1.29, 1.82) is 0 Å². The average molecular weight is 350 g/mol. The van der Waals surface area contributed by atoms with E-state index in [0.717, 1.165) is 16.8 Å². The number of carbonyl (C=O) groups excluding carboxylic acids is 1. The molecule has 24 heavy (non-hydrogen) atoms. The Labute approximate surface area is 146 Å². The van der Waals surface area contributed by atoms with Crippen molar-refractivity contribution in [2.75, 3.05) is 14.2 Å². The van der Waals surface area contributed by atoms with Crippen LogP contribution in [0.5, 0.6) is 11.5 Å². The zero-order valence-corrected chi connectivity index (χ0v) is 14.8. The van der Waals surface area contributed by atoms with Crippen LogP contribution in [0.3, 0.4) is 0 Å². The van der Waals surface area contributed by atoms with Crippen LogP contribution < -0.4 is 14.8 Å². The van der Waals surface area contributed by atoms with Crippen molar-refractivity contribution in [3.63, 3.8) is 0 Å². The number of hydrogen-bond donors (Lipinski definition) is 1. The minimum atomic E-state index is -0.218. The lowest BCUT2D eigenvalue weighted by atomic mass is 10.2. The van der Waals surface area contributed by atoms with Gasteiger partial charge in [0.05, 0.1) is 19.9 Å². The molecule has 1 N–H and O–H groups in total. The summed E-state index contributed by atoms with van der Waals surface area (Å²) in [5, 5.41) is 7.50. The molecule has 2 rings (SSSR count). The summed E-state index contributed by atoms with van der Waals surface area (Å²) < 4.78 is 12.0. The van der Waals surface area contributed by atoms with E-state index in [4.69, 9.17) is 21.1 Å². The monoisotopic (exact) mass is 349 g/mol. The Morgan fingerprint density at radius 1 is 1.33 bits per heavy atom. The topological polar surface area (TPSA) is 65.4 Å². The molecule has 0 saturated carbocycles. The molecule has 1 heterocycles. The van der Waals surface area contributed by atoms with E-state index >= 15 is 0 Å². The van der Waals surface area contributed by atoms with Gasteiger partial charge in [-0.3, -0.25) is 9.48 Å². The maximum atomic E-state index is 12.0. The molecule has 0 saturated heterocycles. The van der Waals surface area contributed by atoms with Crippen LogP contribution in [-0.2, 0) is 18.4 Å². The maximum Gasteiger partial charge on any atom is 0.244 e. The minimum absolute atomic E-state index is 0.218. The summed E-state index contributed by atoms with van der Waals surface area (Å²) in [6.07, 6.45) is 3.10. The van der Waals surface area contributed by atoms with Crippen molar-refractivity contribution < 1.29 is 14.3 Å². The van der Waals surface area contributed by atoms with E-state index in [1.165, 1.54) is 6.08 Å². The summed E-state index contributed by atoms with van der Waals surface area (Å²) in [6.45, 7) is 2.22. The number of aromatic nitrogens is 2. The Hall–Kier alpha value is -2.47. The molecule has 0 radical (unpaired) electrons. The second-order valence-electron chi connectivity index (χ2n) is 5.15. The molecular weight excluding hydrogens is 330 g/mol.